The average Bonchev–Trinajstić information content (AvgIpc) is 2.76. The maximum absolute atomic E-state index is 6.05. The summed E-state index contributed by atoms with van der Waals surface area (Å²) in [6, 6.07) is 14.4. The largest absolute Gasteiger partial charge is 0.467 e. The molecule has 0 aliphatic rings. The Morgan fingerprint density at radius 3 is 2.19 bits per heavy atom. The highest BCUT2D eigenvalue weighted by atomic mass is 31.1. The molecule has 0 bridgehead atoms. The van der Waals surface area contributed by atoms with Crippen LogP contribution in [0.15, 0.2) is 36.4 Å². The van der Waals surface area contributed by atoms with E-state index in [4.69, 9.17) is 9.47 Å². The van der Waals surface area contributed by atoms with E-state index in [1.54, 1.807) is 7.11 Å². The average molecular weight is 458 g/mol. The minimum atomic E-state index is 0.0381. The molecule has 0 heterocycles. The lowest BCUT2D eigenvalue weighted by Crippen LogP contribution is -2.37. The lowest BCUT2D eigenvalue weighted by molar-refractivity contribution is 0.0499. The van der Waals surface area contributed by atoms with E-state index in [1.165, 1.54) is 27.6 Å². The van der Waals surface area contributed by atoms with Gasteiger partial charge in [-0.05, 0) is 76.9 Å². The second-order valence-corrected chi connectivity index (χ2v) is 11.1. The lowest BCUT2D eigenvalue weighted by atomic mass is 9.90. The number of benzene rings is 2. The smallest absolute Gasteiger partial charge is 0.188 e. The van der Waals surface area contributed by atoms with E-state index in [-0.39, 0.29) is 11.9 Å². The molecule has 0 saturated carbocycles. The molecule has 1 atom stereocenters. The first-order valence-electron chi connectivity index (χ1n) is 12.0. The zero-order valence-corrected chi connectivity index (χ0v) is 22.7. The highest BCUT2D eigenvalue weighted by molar-refractivity contribution is 7.48. The highest BCUT2D eigenvalue weighted by Crippen LogP contribution is 2.51. The van der Waals surface area contributed by atoms with Gasteiger partial charge in [0.2, 0.25) is 0 Å². The van der Waals surface area contributed by atoms with Gasteiger partial charge in [0, 0.05) is 36.5 Å². The second-order valence-electron chi connectivity index (χ2n) is 9.43. The summed E-state index contributed by atoms with van der Waals surface area (Å²) in [6.07, 6.45) is 2.14. The van der Waals surface area contributed by atoms with Crippen molar-refractivity contribution in [2.45, 2.75) is 92.0 Å². The molecule has 0 amide bonds. The number of nitrogens with zero attached hydrogens (tertiary/aromatic N) is 1. The Morgan fingerprint density at radius 1 is 0.969 bits per heavy atom. The van der Waals surface area contributed by atoms with Gasteiger partial charge in [-0.3, -0.25) is 4.90 Å². The minimum Gasteiger partial charge on any atom is -0.467 e. The van der Waals surface area contributed by atoms with Gasteiger partial charge in [0.05, 0.1) is 0 Å². The van der Waals surface area contributed by atoms with Gasteiger partial charge < -0.3 is 9.47 Å². The van der Waals surface area contributed by atoms with Crippen molar-refractivity contribution in [1.29, 1.82) is 0 Å². The van der Waals surface area contributed by atoms with Crippen LogP contribution in [0.3, 0.4) is 0 Å². The van der Waals surface area contributed by atoms with Gasteiger partial charge >= 0.3 is 0 Å². The van der Waals surface area contributed by atoms with Crippen molar-refractivity contribution in [3.8, 4) is 5.75 Å². The number of aryl methyl sites for hydroxylation is 2. The molecule has 0 N–H and O–H groups in total. The molecule has 178 valence electrons. The Hall–Kier alpha value is -1.41. The van der Waals surface area contributed by atoms with Gasteiger partial charge in [0.15, 0.2) is 6.79 Å². The van der Waals surface area contributed by atoms with Crippen molar-refractivity contribution >= 4 is 13.9 Å². The number of methoxy groups -OCH3 is 1. The van der Waals surface area contributed by atoms with Crippen LogP contribution in [0.4, 0.5) is 0 Å². The van der Waals surface area contributed by atoms with Crippen molar-refractivity contribution in [3.05, 3.63) is 58.7 Å². The van der Waals surface area contributed by atoms with Gasteiger partial charge in [0.1, 0.15) is 5.75 Å². The van der Waals surface area contributed by atoms with E-state index >= 15 is 0 Å². The van der Waals surface area contributed by atoms with E-state index in [1.807, 2.05) is 0 Å². The van der Waals surface area contributed by atoms with Crippen molar-refractivity contribution in [2.75, 3.05) is 13.9 Å². The summed E-state index contributed by atoms with van der Waals surface area (Å²) in [5.74, 6) is 0.953. The minimum absolute atomic E-state index is 0.0381. The zero-order chi connectivity index (χ0) is 23.9. The molecule has 1 unspecified atom stereocenters. The van der Waals surface area contributed by atoms with Crippen LogP contribution in [0.2, 0.25) is 0 Å². The lowest BCUT2D eigenvalue weighted by Gasteiger charge is -2.37. The monoisotopic (exact) mass is 457 g/mol. The first-order chi connectivity index (χ1) is 15.2. The van der Waals surface area contributed by atoms with Gasteiger partial charge in [-0.1, -0.05) is 58.3 Å². The summed E-state index contributed by atoms with van der Waals surface area (Å²) in [7, 11) is 2.36. The van der Waals surface area contributed by atoms with Gasteiger partial charge in [-0.25, -0.2) is 0 Å². The quantitative estimate of drug-likeness (QED) is 0.255. The number of rotatable bonds is 12. The topological polar surface area (TPSA) is 21.7 Å². The van der Waals surface area contributed by atoms with Crippen LogP contribution >= 0.6 is 8.58 Å². The van der Waals surface area contributed by atoms with E-state index in [9.17, 15) is 0 Å². The second kappa shape index (κ2) is 12.2. The van der Waals surface area contributed by atoms with Crippen LogP contribution in [0.25, 0.3) is 0 Å². The fraction of sp³-hybridized carbons (Fsp3) is 0.571. The maximum Gasteiger partial charge on any atom is 0.188 e. The Morgan fingerprint density at radius 2 is 1.62 bits per heavy atom. The molecule has 0 aromatic heterocycles. The highest BCUT2D eigenvalue weighted by Gasteiger charge is 2.33. The molecule has 0 spiro atoms. The Labute approximate surface area is 198 Å². The third-order valence-corrected chi connectivity index (χ3v) is 9.01. The van der Waals surface area contributed by atoms with Crippen LogP contribution in [0.1, 0.15) is 76.6 Å². The Balaban J connectivity index is 2.56. The predicted molar refractivity (Wildman–Crippen MR) is 141 cm³/mol. The van der Waals surface area contributed by atoms with Crippen molar-refractivity contribution in [1.82, 2.24) is 4.90 Å². The van der Waals surface area contributed by atoms with Crippen LogP contribution in [0.5, 0.6) is 5.75 Å². The Kier molecular flexibility index (Phi) is 10.2. The third-order valence-electron chi connectivity index (χ3n) is 6.59. The first kappa shape index (κ1) is 26.8. The van der Waals surface area contributed by atoms with Crippen LogP contribution in [0, 0.1) is 13.8 Å². The molecule has 0 aliphatic carbocycles. The van der Waals surface area contributed by atoms with Gasteiger partial charge in [-0.2, -0.15) is 0 Å². The molecular formula is C28H44NO2P. The molecule has 2 rings (SSSR count). The summed E-state index contributed by atoms with van der Waals surface area (Å²) in [5.41, 5.74) is 5.45. The fourth-order valence-electron chi connectivity index (χ4n) is 4.58. The third kappa shape index (κ3) is 6.34. The maximum atomic E-state index is 6.05. The van der Waals surface area contributed by atoms with Gasteiger partial charge in [-0.15, -0.1) is 0 Å². The molecule has 3 nitrogen and oxygen atoms in total. The van der Waals surface area contributed by atoms with Crippen LogP contribution < -0.4 is 10.0 Å². The molecule has 2 aromatic rings. The SMILES string of the molecule is CCC(CC)(Pc1c(C)cccc1CN(C(C)C)C(C)C)c1cc(C)ccc1OCOC. The van der Waals surface area contributed by atoms with Gasteiger partial charge in [0.25, 0.3) is 0 Å². The summed E-state index contributed by atoms with van der Waals surface area (Å²) in [5, 5.41) is 1.55. The van der Waals surface area contributed by atoms with Crippen molar-refractivity contribution in [2.24, 2.45) is 0 Å². The number of hydrogen-bond acceptors (Lipinski definition) is 3. The first-order valence-corrected chi connectivity index (χ1v) is 13.0. The molecular weight excluding hydrogens is 413 g/mol. The summed E-state index contributed by atoms with van der Waals surface area (Å²) < 4.78 is 11.3. The van der Waals surface area contributed by atoms with Crippen molar-refractivity contribution in [3.63, 3.8) is 0 Å². The molecule has 0 saturated heterocycles. The van der Waals surface area contributed by atoms with E-state index in [0.717, 1.165) is 25.1 Å². The zero-order valence-electron chi connectivity index (χ0n) is 21.7. The van der Waals surface area contributed by atoms with Crippen LogP contribution in [-0.4, -0.2) is 30.9 Å². The summed E-state index contributed by atoms with van der Waals surface area (Å²) in [6.45, 7) is 19.6. The molecule has 32 heavy (non-hydrogen) atoms. The fourth-order valence-corrected chi connectivity index (χ4v) is 6.34. The molecule has 0 fully saturated rings. The normalized spacial score (nSPS) is 12.6. The molecule has 0 radical (unpaired) electrons. The van der Waals surface area contributed by atoms with E-state index in [0.29, 0.717) is 20.7 Å². The van der Waals surface area contributed by atoms with Crippen LogP contribution in [-0.2, 0) is 16.4 Å². The van der Waals surface area contributed by atoms with E-state index < -0.39 is 0 Å². The standard InChI is InChI=1S/C28H44NO2P/c1-10-28(11-2,25-17-22(7)15-16-26(25)31-19-30-9)32-27-23(8)13-12-14-24(27)18-29(20(3)4)21(5)6/h12-17,20-21,32H,10-11,18-19H2,1-9H3. The van der Waals surface area contributed by atoms with E-state index in [2.05, 4.69) is 96.7 Å². The summed E-state index contributed by atoms with van der Waals surface area (Å²) in [4.78, 5) is 2.59. The molecule has 2 aromatic carbocycles. The number of ether oxygens (including phenoxy) is 2. The summed E-state index contributed by atoms with van der Waals surface area (Å²) >= 11 is 0. The van der Waals surface area contributed by atoms with Crippen molar-refractivity contribution < 1.29 is 9.47 Å². The predicted octanol–water partition coefficient (Wildman–Crippen LogP) is 6.92. The molecule has 4 heteroatoms. The number of hydrogen-bond donors (Lipinski definition) is 0. The molecule has 0 aliphatic heterocycles. The Bertz CT molecular complexity index is 851.